The minimum atomic E-state index is 0.462. The average molecular weight is 221 g/mol. The molecule has 4 heteroatoms. The lowest BCUT2D eigenvalue weighted by atomic mass is 9.93. The van der Waals surface area contributed by atoms with Gasteiger partial charge in [0, 0.05) is 24.8 Å². The molecule has 0 amide bonds. The Balaban J connectivity index is 2.00. The van der Waals surface area contributed by atoms with Crippen molar-refractivity contribution in [2.75, 3.05) is 26.0 Å². The van der Waals surface area contributed by atoms with E-state index in [-0.39, 0.29) is 0 Å². The van der Waals surface area contributed by atoms with Gasteiger partial charge in [-0.05, 0) is 37.6 Å². The quantitative estimate of drug-likeness (QED) is 0.790. The first kappa shape index (κ1) is 11.4. The van der Waals surface area contributed by atoms with E-state index in [4.69, 9.17) is 10.5 Å². The third-order valence-corrected chi connectivity index (χ3v) is 3.21. The van der Waals surface area contributed by atoms with E-state index in [0.29, 0.717) is 17.8 Å². The van der Waals surface area contributed by atoms with Gasteiger partial charge < -0.3 is 15.8 Å². The van der Waals surface area contributed by atoms with Crippen molar-refractivity contribution in [1.29, 1.82) is 0 Å². The number of hydrogen-bond donors (Lipinski definition) is 2. The summed E-state index contributed by atoms with van der Waals surface area (Å²) in [6.45, 7) is 1.76. The number of nitrogens with zero attached hydrogens (tertiary/aromatic N) is 1. The third-order valence-electron chi connectivity index (χ3n) is 3.21. The van der Waals surface area contributed by atoms with Crippen LogP contribution in [0.25, 0.3) is 0 Å². The number of nitrogens with two attached hydrogens (primary N) is 1. The van der Waals surface area contributed by atoms with E-state index in [1.165, 1.54) is 5.56 Å². The Hall–Kier alpha value is -1.13. The Morgan fingerprint density at radius 2 is 2.56 bits per heavy atom. The summed E-state index contributed by atoms with van der Waals surface area (Å²) in [7, 11) is 2.01. The van der Waals surface area contributed by atoms with Crippen LogP contribution in [0.1, 0.15) is 12.0 Å². The summed E-state index contributed by atoms with van der Waals surface area (Å²) in [5.41, 5.74) is 6.91. The van der Waals surface area contributed by atoms with Crippen LogP contribution in [0.5, 0.6) is 0 Å². The highest BCUT2D eigenvalue weighted by Gasteiger charge is 2.24. The molecule has 0 radical (unpaired) electrons. The monoisotopic (exact) mass is 221 g/mol. The van der Waals surface area contributed by atoms with Crippen molar-refractivity contribution in [2.24, 2.45) is 5.92 Å². The number of nitrogens with one attached hydrogen (secondary N) is 1. The number of likely N-dealkylation sites (N-methyl/N-ethyl adjacent to an activating group) is 1. The van der Waals surface area contributed by atoms with Crippen molar-refractivity contribution >= 4 is 5.82 Å². The van der Waals surface area contributed by atoms with Gasteiger partial charge in [-0.25, -0.2) is 4.98 Å². The second-order valence-corrected chi connectivity index (χ2v) is 4.31. The molecule has 1 fully saturated rings. The number of pyridine rings is 1. The summed E-state index contributed by atoms with van der Waals surface area (Å²) in [6, 6.07) is 4.43. The molecule has 16 heavy (non-hydrogen) atoms. The highest BCUT2D eigenvalue weighted by molar-refractivity contribution is 5.32. The van der Waals surface area contributed by atoms with E-state index in [9.17, 15) is 0 Å². The predicted octanol–water partition coefficient (Wildman–Crippen LogP) is 0.831. The summed E-state index contributed by atoms with van der Waals surface area (Å²) < 4.78 is 5.42. The van der Waals surface area contributed by atoms with Crippen LogP contribution in [-0.4, -0.2) is 31.3 Å². The van der Waals surface area contributed by atoms with Crippen LogP contribution in [-0.2, 0) is 11.2 Å². The molecule has 1 aliphatic heterocycles. The molecule has 0 spiro atoms. The number of nitrogen functional groups attached to an aromatic ring is 1. The van der Waals surface area contributed by atoms with Crippen LogP contribution in [0.4, 0.5) is 5.82 Å². The zero-order valence-electron chi connectivity index (χ0n) is 9.65. The largest absolute Gasteiger partial charge is 0.384 e. The molecular weight excluding hydrogens is 202 g/mol. The normalized spacial score (nSPS) is 22.2. The molecule has 1 aromatic heterocycles. The van der Waals surface area contributed by atoms with Crippen LogP contribution in [0.15, 0.2) is 18.3 Å². The first-order valence-corrected chi connectivity index (χ1v) is 5.75. The van der Waals surface area contributed by atoms with Crippen molar-refractivity contribution in [3.63, 3.8) is 0 Å². The van der Waals surface area contributed by atoms with E-state index >= 15 is 0 Å². The van der Waals surface area contributed by atoms with E-state index in [0.717, 1.165) is 26.1 Å². The summed E-state index contributed by atoms with van der Waals surface area (Å²) in [6.07, 6.45) is 3.89. The molecule has 2 heterocycles. The van der Waals surface area contributed by atoms with Crippen LogP contribution in [0, 0.1) is 5.92 Å². The number of ether oxygens (including phenoxy) is 1. The molecule has 3 N–H and O–H groups in total. The summed E-state index contributed by atoms with van der Waals surface area (Å²) in [4.78, 5) is 4.00. The highest BCUT2D eigenvalue weighted by Crippen LogP contribution is 2.20. The van der Waals surface area contributed by atoms with Gasteiger partial charge in [-0.2, -0.15) is 0 Å². The average Bonchev–Trinajstić information content (AvgIpc) is 2.79. The fourth-order valence-corrected chi connectivity index (χ4v) is 2.25. The molecule has 4 nitrogen and oxygen atoms in total. The highest BCUT2D eigenvalue weighted by atomic mass is 16.5. The van der Waals surface area contributed by atoms with Gasteiger partial charge in [0.1, 0.15) is 5.82 Å². The molecule has 0 aliphatic carbocycles. The molecule has 2 atom stereocenters. The molecule has 0 saturated carbocycles. The first-order chi connectivity index (χ1) is 7.79. The lowest BCUT2D eigenvalue weighted by Gasteiger charge is -2.21. The summed E-state index contributed by atoms with van der Waals surface area (Å²) >= 11 is 0. The summed E-state index contributed by atoms with van der Waals surface area (Å²) in [5, 5.41) is 3.37. The maximum Gasteiger partial charge on any atom is 0.123 e. The first-order valence-electron chi connectivity index (χ1n) is 5.75. The minimum absolute atomic E-state index is 0.462. The molecular formula is C12H19N3O. The molecule has 1 aliphatic rings. The van der Waals surface area contributed by atoms with Crippen molar-refractivity contribution < 1.29 is 4.74 Å². The fraction of sp³-hybridized carbons (Fsp3) is 0.583. The zero-order valence-corrected chi connectivity index (χ0v) is 9.65. The number of hydrogen-bond acceptors (Lipinski definition) is 4. The predicted molar refractivity (Wildman–Crippen MR) is 64.1 cm³/mol. The minimum Gasteiger partial charge on any atom is -0.384 e. The van der Waals surface area contributed by atoms with Crippen LogP contribution < -0.4 is 11.1 Å². The number of rotatable bonds is 4. The Morgan fingerprint density at radius 1 is 1.69 bits per heavy atom. The molecule has 0 aromatic carbocycles. The Morgan fingerprint density at radius 3 is 3.19 bits per heavy atom. The molecule has 1 saturated heterocycles. The Kier molecular flexibility index (Phi) is 3.74. The van der Waals surface area contributed by atoms with Crippen molar-refractivity contribution in [1.82, 2.24) is 10.3 Å². The van der Waals surface area contributed by atoms with Crippen LogP contribution in [0.3, 0.4) is 0 Å². The van der Waals surface area contributed by atoms with Gasteiger partial charge in [0.05, 0.1) is 6.61 Å². The molecule has 2 rings (SSSR count). The second-order valence-electron chi connectivity index (χ2n) is 4.31. The fourth-order valence-electron chi connectivity index (χ4n) is 2.25. The van der Waals surface area contributed by atoms with Gasteiger partial charge in [-0.3, -0.25) is 0 Å². The lowest BCUT2D eigenvalue weighted by molar-refractivity contribution is 0.177. The molecule has 88 valence electrons. The van der Waals surface area contributed by atoms with Gasteiger partial charge in [0.15, 0.2) is 0 Å². The van der Waals surface area contributed by atoms with E-state index in [1.807, 2.05) is 19.2 Å². The SMILES string of the molecule is CNC(Cc1ccnc(N)c1)C1CCOC1. The van der Waals surface area contributed by atoms with Crippen LogP contribution >= 0.6 is 0 Å². The van der Waals surface area contributed by atoms with Crippen LogP contribution in [0.2, 0.25) is 0 Å². The Labute approximate surface area is 96.2 Å². The van der Waals surface area contributed by atoms with Crippen molar-refractivity contribution in [3.8, 4) is 0 Å². The van der Waals surface area contributed by atoms with Gasteiger partial charge in [-0.15, -0.1) is 0 Å². The maximum atomic E-state index is 5.67. The van der Waals surface area contributed by atoms with Gasteiger partial charge in [-0.1, -0.05) is 0 Å². The van der Waals surface area contributed by atoms with Gasteiger partial charge >= 0.3 is 0 Å². The number of anilines is 1. The third kappa shape index (κ3) is 2.71. The summed E-state index contributed by atoms with van der Waals surface area (Å²) in [5.74, 6) is 1.20. The zero-order chi connectivity index (χ0) is 11.4. The van der Waals surface area contributed by atoms with E-state index in [1.54, 1.807) is 6.20 Å². The maximum absolute atomic E-state index is 5.67. The molecule has 0 bridgehead atoms. The van der Waals surface area contributed by atoms with Crippen molar-refractivity contribution in [2.45, 2.75) is 18.9 Å². The smallest absolute Gasteiger partial charge is 0.123 e. The number of aromatic nitrogens is 1. The molecule has 2 unspecified atom stereocenters. The Bertz CT molecular complexity index is 337. The lowest BCUT2D eigenvalue weighted by Crippen LogP contribution is -2.35. The van der Waals surface area contributed by atoms with Gasteiger partial charge in [0.25, 0.3) is 0 Å². The van der Waals surface area contributed by atoms with E-state index < -0.39 is 0 Å². The van der Waals surface area contributed by atoms with E-state index in [2.05, 4.69) is 10.3 Å². The second kappa shape index (κ2) is 5.27. The molecule has 1 aromatic rings. The van der Waals surface area contributed by atoms with Gasteiger partial charge in [0.2, 0.25) is 0 Å². The van der Waals surface area contributed by atoms with Crippen molar-refractivity contribution in [3.05, 3.63) is 23.9 Å². The standard InChI is InChI=1S/C12H19N3O/c1-14-11(10-3-5-16-8-10)6-9-2-4-15-12(13)7-9/h2,4,7,10-11,14H,3,5-6,8H2,1H3,(H2,13,15). The topological polar surface area (TPSA) is 60.2 Å².